The first-order valence-electron chi connectivity index (χ1n) is 7.22. The van der Waals surface area contributed by atoms with Crippen molar-refractivity contribution in [3.8, 4) is 11.3 Å². The van der Waals surface area contributed by atoms with Gasteiger partial charge in [-0.3, -0.25) is 4.79 Å². The number of nitrogens with zero attached hydrogens (tertiary/aromatic N) is 1. The summed E-state index contributed by atoms with van der Waals surface area (Å²) in [4.78, 5) is 19.0. The minimum Gasteiger partial charge on any atom is -0.310 e. The summed E-state index contributed by atoms with van der Waals surface area (Å²) >= 11 is 0. The van der Waals surface area contributed by atoms with Gasteiger partial charge in [0.1, 0.15) is 5.82 Å². The predicted octanol–water partition coefficient (Wildman–Crippen LogP) is 4.11. The summed E-state index contributed by atoms with van der Waals surface area (Å²) in [6.45, 7) is 0. The molecule has 0 atom stereocenters. The van der Waals surface area contributed by atoms with Gasteiger partial charge >= 0.3 is 6.18 Å². The Morgan fingerprint density at radius 1 is 1.09 bits per heavy atom. The van der Waals surface area contributed by atoms with Crippen LogP contribution in [0, 0.1) is 0 Å². The van der Waals surface area contributed by atoms with Crippen molar-refractivity contribution in [3.05, 3.63) is 52.1 Å². The van der Waals surface area contributed by atoms with Gasteiger partial charge in [0, 0.05) is 17.5 Å². The number of aromatic amines is 1. The predicted molar refractivity (Wildman–Crippen MR) is 76.5 cm³/mol. The van der Waals surface area contributed by atoms with Crippen LogP contribution in [0.15, 0.2) is 35.1 Å². The van der Waals surface area contributed by atoms with E-state index in [0.717, 1.165) is 37.8 Å². The van der Waals surface area contributed by atoms with E-state index in [2.05, 4.69) is 9.97 Å². The summed E-state index contributed by atoms with van der Waals surface area (Å²) in [6, 6.07) is 6.04. The molecule has 0 radical (unpaired) electrons. The highest BCUT2D eigenvalue weighted by Crippen LogP contribution is 2.33. The van der Waals surface area contributed by atoms with Crippen molar-refractivity contribution in [1.29, 1.82) is 0 Å². The highest BCUT2D eigenvalue weighted by Gasteiger charge is 2.30. The van der Waals surface area contributed by atoms with Gasteiger partial charge in [0.05, 0.1) is 11.3 Å². The second-order valence-electron chi connectivity index (χ2n) is 5.57. The maximum Gasteiger partial charge on any atom is 0.416 e. The van der Waals surface area contributed by atoms with E-state index in [4.69, 9.17) is 0 Å². The van der Waals surface area contributed by atoms with Crippen LogP contribution in [0.4, 0.5) is 13.2 Å². The molecule has 0 spiro atoms. The minimum absolute atomic E-state index is 0.238. The van der Waals surface area contributed by atoms with Gasteiger partial charge in [-0.15, -0.1) is 0 Å². The van der Waals surface area contributed by atoms with E-state index in [-0.39, 0.29) is 11.5 Å². The van der Waals surface area contributed by atoms with Crippen LogP contribution in [0.2, 0.25) is 0 Å². The molecule has 0 amide bonds. The van der Waals surface area contributed by atoms with E-state index in [1.807, 2.05) is 0 Å². The molecule has 0 saturated heterocycles. The molecule has 1 N–H and O–H groups in total. The van der Waals surface area contributed by atoms with Gasteiger partial charge in [0.25, 0.3) is 5.56 Å². The van der Waals surface area contributed by atoms with Gasteiger partial charge in [-0.2, -0.15) is 13.2 Å². The number of aromatic nitrogens is 2. The lowest BCUT2D eigenvalue weighted by atomic mass is 10.1. The van der Waals surface area contributed by atoms with Crippen molar-refractivity contribution < 1.29 is 13.2 Å². The lowest BCUT2D eigenvalue weighted by Crippen LogP contribution is -2.13. The molecule has 1 aromatic heterocycles. The van der Waals surface area contributed by atoms with E-state index in [1.165, 1.54) is 18.2 Å². The number of hydrogen-bond donors (Lipinski definition) is 1. The summed E-state index contributed by atoms with van der Waals surface area (Å²) < 4.78 is 37.8. The number of hydrogen-bond acceptors (Lipinski definition) is 2. The Hall–Kier alpha value is -2.11. The third-order valence-electron chi connectivity index (χ3n) is 4.01. The Labute approximate surface area is 125 Å². The molecule has 3 nitrogen and oxygen atoms in total. The van der Waals surface area contributed by atoms with Crippen LogP contribution in [0.1, 0.15) is 43.0 Å². The van der Waals surface area contributed by atoms with Crippen LogP contribution in [-0.4, -0.2) is 9.97 Å². The lowest BCUT2D eigenvalue weighted by Gasteiger charge is -2.11. The number of alkyl halides is 3. The van der Waals surface area contributed by atoms with E-state index < -0.39 is 11.7 Å². The van der Waals surface area contributed by atoms with Gasteiger partial charge in [-0.25, -0.2) is 4.98 Å². The summed E-state index contributed by atoms with van der Waals surface area (Å²) in [5.74, 6) is 0.877. The third-order valence-corrected chi connectivity index (χ3v) is 4.01. The molecule has 22 heavy (non-hydrogen) atoms. The zero-order valence-electron chi connectivity index (χ0n) is 11.8. The second-order valence-corrected chi connectivity index (χ2v) is 5.57. The molecule has 2 aromatic rings. The van der Waals surface area contributed by atoms with Crippen LogP contribution in [-0.2, 0) is 6.18 Å². The zero-order valence-corrected chi connectivity index (χ0v) is 11.8. The maximum atomic E-state index is 12.6. The number of nitrogens with one attached hydrogen (secondary N) is 1. The first-order chi connectivity index (χ1) is 10.4. The molecule has 1 fully saturated rings. The molecule has 1 heterocycles. The Bertz CT molecular complexity index is 713. The Morgan fingerprint density at radius 3 is 2.32 bits per heavy atom. The normalized spacial score (nSPS) is 16.1. The molecule has 3 rings (SSSR count). The monoisotopic (exact) mass is 308 g/mol. The average molecular weight is 308 g/mol. The van der Waals surface area contributed by atoms with E-state index in [1.54, 1.807) is 0 Å². The average Bonchev–Trinajstić information content (AvgIpc) is 3.00. The third kappa shape index (κ3) is 3.05. The standard InChI is InChI=1S/C16H15F3N2O/c17-16(18,19)12-7-5-10(6-8-12)13-9-14(22)21-15(20-13)11-3-1-2-4-11/h5-9,11H,1-4H2,(H,20,21,22). The largest absolute Gasteiger partial charge is 0.416 e. The fraction of sp³-hybridized carbons (Fsp3) is 0.375. The van der Waals surface area contributed by atoms with E-state index >= 15 is 0 Å². The van der Waals surface area contributed by atoms with E-state index in [0.29, 0.717) is 17.1 Å². The van der Waals surface area contributed by atoms with Crippen molar-refractivity contribution >= 4 is 0 Å². The molecule has 0 aliphatic heterocycles. The first-order valence-corrected chi connectivity index (χ1v) is 7.22. The van der Waals surface area contributed by atoms with Crippen molar-refractivity contribution in [2.24, 2.45) is 0 Å². The van der Waals surface area contributed by atoms with Gasteiger partial charge in [0.15, 0.2) is 0 Å². The SMILES string of the molecule is O=c1cc(-c2ccc(C(F)(F)F)cc2)nc(C2CCCC2)[nH]1. The Balaban J connectivity index is 1.95. The summed E-state index contributed by atoms with van der Waals surface area (Å²) in [6.07, 6.45) is -0.175. The molecule has 1 aliphatic carbocycles. The van der Waals surface area contributed by atoms with Gasteiger partial charge in [0.2, 0.25) is 0 Å². The maximum absolute atomic E-state index is 12.6. The van der Waals surface area contributed by atoms with Crippen LogP contribution >= 0.6 is 0 Å². The summed E-state index contributed by atoms with van der Waals surface area (Å²) in [5, 5.41) is 0. The van der Waals surface area contributed by atoms with Crippen LogP contribution in [0.25, 0.3) is 11.3 Å². The van der Waals surface area contributed by atoms with Gasteiger partial charge in [-0.05, 0) is 25.0 Å². The summed E-state index contributed by atoms with van der Waals surface area (Å²) in [5.41, 5.74) is -0.0540. The van der Waals surface area contributed by atoms with E-state index in [9.17, 15) is 18.0 Å². The second kappa shape index (κ2) is 5.59. The first kappa shape index (κ1) is 14.8. The highest BCUT2D eigenvalue weighted by atomic mass is 19.4. The Kier molecular flexibility index (Phi) is 3.76. The van der Waals surface area contributed by atoms with Crippen molar-refractivity contribution in [2.45, 2.75) is 37.8 Å². The zero-order chi connectivity index (χ0) is 15.7. The highest BCUT2D eigenvalue weighted by molar-refractivity contribution is 5.59. The minimum atomic E-state index is -4.37. The molecule has 6 heteroatoms. The fourth-order valence-electron chi connectivity index (χ4n) is 2.85. The molecular weight excluding hydrogens is 293 g/mol. The topological polar surface area (TPSA) is 45.8 Å². The van der Waals surface area contributed by atoms with Gasteiger partial charge in [-0.1, -0.05) is 25.0 Å². The molecule has 1 aromatic carbocycles. The molecular formula is C16H15F3N2O. The number of rotatable bonds is 2. The molecule has 0 bridgehead atoms. The quantitative estimate of drug-likeness (QED) is 0.907. The smallest absolute Gasteiger partial charge is 0.310 e. The fourth-order valence-corrected chi connectivity index (χ4v) is 2.85. The molecule has 0 unspecified atom stereocenters. The number of halogens is 3. The number of H-pyrrole nitrogens is 1. The summed E-state index contributed by atoms with van der Waals surface area (Å²) in [7, 11) is 0. The van der Waals surface area contributed by atoms with Crippen LogP contribution < -0.4 is 5.56 Å². The van der Waals surface area contributed by atoms with Gasteiger partial charge < -0.3 is 4.98 Å². The Morgan fingerprint density at radius 2 is 1.73 bits per heavy atom. The lowest BCUT2D eigenvalue weighted by molar-refractivity contribution is -0.137. The van der Waals surface area contributed by atoms with Crippen molar-refractivity contribution in [2.75, 3.05) is 0 Å². The van der Waals surface area contributed by atoms with Crippen LogP contribution in [0.5, 0.6) is 0 Å². The molecule has 1 aliphatic rings. The van der Waals surface area contributed by atoms with Crippen LogP contribution in [0.3, 0.4) is 0 Å². The van der Waals surface area contributed by atoms with Crippen molar-refractivity contribution in [3.63, 3.8) is 0 Å². The molecule has 116 valence electrons. The number of benzene rings is 1. The van der Waals surface area contributed by atoms with Crippen molar-refractivity contribution in [1.82, 2.24) is 9.97 Å². The molecule has 1 saturated carbocycles.